The van der Waals surface area contributed by atoms with Crippen molar-refractivity contribution in [2.45, 2.75) is 90.3 Å². The molecule has 0 saturated heterocycles. The lowest BCUT2D eigenvalue weighted by Gasteiger charge is -2.20. The van der Waals surface area contributed by atoms with Crippen LogP contribution in [-0.2, 0) is 4.74 Å². The molecule has 0 aliphatic carbocycles. The van der Waals surface area contributed by atoms with Gasteiger partial charge in [0, 0.05) is 0 Å². The van der Waals surface area contributed by atoms with E-state index in [1.54, 1.807) is 12.1 Å². The van der Waals surface area contributed by atoms with E-state index >= 15 is 0 Å². The van der Waals surface area contributed by atoms with E-state index in [0.29, 0.717) is 25.0 Å². The third-order valence-electron chi connectivity index (χ3n) is 7.06. The van der Waals surface area contributed by atoms with E-state index in [1.807, 2.05) is 43.3 Å². The van der Waals surface area contributed by atoms with Gasteiger partial charge < -0.3 is 14.2 Å². The first-order chi connectivity index (χ1) is 20.7. The monoisotopic (exact) mass is 598 g/mol. The summed E-state index contributed by atoms with van der Waals surface area (Å²) in [6, 6.07) is 20.0. The highest BCUT2D eigenvalue weighted by molar-refractivity contribution is 5.92. The first kappa shape index (κ1) is 33.7. The van der Waals surface area contributed by atoms with Crippen molar-refractivity contribution in [3.05, 3.63) is 83.9 Å². The largest absolute Gasteiger partial charge is 0.494 e. The molecule has 1 atom stereocenters. The molecule has 3 aromatic rings. The van der Waals surface area contributed by atoms with Crippen molar-refractivity contribution >= 4 is 11.9 Å². The summed E-state index contributed by atoms with van der Waals surface area (Å²) in [7, 11) is 0. The number of carbonyl (C=O) groups is 2. The Bertz CT molecular complexity index is 1250. The molecule has 0 saturated carbocycles. The highest BCUT2D eigenvalue weighted by atomic mass is 19.4. The topological polar surface area (TPSA) is 61.8 Å². The smallest absolute Gasteiger partial charge is 0.425 e. The minimum absolute atomic E-state index is 0.0623. The van der Waals surface area contributed by atoms with Crippen LogP contribution in [0.15, 0.2) is 72.8 Å². The minimum atomic E-state index is -4.64. The Morgan fingerprint density at radius 2 is 1.12 bits per heavy atom. The molecule has 43 heavy (non-hydrogen) atoms. The number of ether oxygens (including phenoxy) is 3. The van der Waals surface area contributed by atoms with Crippen LogP contribution in [0.5, 0.6) is 11.5 Å². The number of halogens is 3. The molecule has 5 nitrogen and oxygen atoms in total. The molecule has 0 N–H and O–H groups in total. The van der Waals surface area contributed by atoms with Gasteiger partial charge in [0.2, 0.25) is 0 Å². The average molecular weight is 599 g/mol. The molecule has 232 valence electrons. The maximum atomic E-state index is 13.3. The third kappa shape index (κ3) is 11.4. The Hall–Kier alpha value is -3.81. The molecule has 1 unspecified atom stereocenters. The molecule has 3 rings (SSSR count). The molecule has 0 fully saturated rings. The Balaban J connectivity index is 1.49. The molecule has 3 aromatic carbocycles. The van der Waals surface area contributed by atoms with Crippen molar-refractivity contribution in [3.8, 4) is 22.6 Å². The van der Waals surface area contributed by atoms with Crippen molar-refractivity contribution in [3.63, 3.8) is 0 Å². The lowest BCUT2D eigenvalue weighted by molar-refractivity contribution is -0.206. The average Bonchev–Trinajstić information content (AvgIpc) is 3.00. The summed E-state index contributed by atoms with van der Waals surface area (Å²) in [6.07, 6.45) is 1.88. The number of unbranched alkanes of at least 4 members (excludes halogenated alkanes) is 7. The van der Waals surface area contributed by atoms with Gasteiger partial charge >= 0.3 is 18.1 Å². The lowest BCUT2D eigenvalue weighted by Crippen LogP contribution is -2.33. The number of rotatable bonds is 17. The Kier molecular flexibility index (Phi) is 13.6. The van der Waals surface area contributed by atoms with Gasteiger partial charge in [-0.05, 0) is 78.9 Å². The molecule has 0 heterocycles. The lowest BCUT2D eigenvalue weighted by atomic mass is 10.0. The Morgan fingerprint density at radius 3 is 1.72 bits per heavy atom. The van der Waals surface area contributed by atoms with E-state index in [1.165, 1.54) is 56.4 Å². The third-order valence-corrected chi connectivity index (χ3v) is 7.06. The summed E-state index contributed by atoms with van der Waals surface area (Å²) >= 11 is 0. The van der Waals surface area contributed by atoms with Gasteiger partial charge in [0.25, 0.3) is 0 Å². The van der Waals surface area contributed by atoms with E-state index in [4.69, 9.17) is 14.2 Å². The normalized spacial score (nSPS) is 12.0. The molecule has 0 amide bonds. The van der Waals surface area contributed by atoms with Gasteiger partial charge in [-0.3, -0.25) is 0 Å². The molecule has 0 spiro atoms. The summed E-state index contributed by atoms with van der Waals surface area (Å²) in [5.74, 6) is -0.709. The fraction of sp³-hybridized carbons (Fsp3) is 0.429. The van der Waals surface area contributed by atoms with Crippen LogP contribution in [-0.4, -0.2) is 30.8 Å². The molecule has 0 aliphatic heterocycles. The summed E-state index contributed by atoms with van der Waals surface area (Å²) in [5, 5.41) is 0. The SMILES string of the molecule is CCCCCCCCOc1ccc(-c2ccc(C(=O)Oc3ccc(C(=O)OC(CCCCC)C(F)(F)F)cc3)cc2)cc1. The predicted octanol–water partition coefficient (Wildman–Crippen LogP) is 9.98. The van der Waals surface area contributed by atoms with Gasteiger partial charge in [0.05, 0.1) is 17.7 Å². The van der Waals surface area contributed by atoms with Crippen LogP contribution in [0, 0.1) is 0 Å². The van der Waals surface area contributed by atoms with Gasteiger partial charge in [-0.15, -0.1) is 0 Å². The molecule has 8 heteroatoms. The molecule has 0 radical (unpaired) electrons. The fourth-order valence-corrected chi connectivity index (χ4v) is 4.51. The summed E-state index contributed by atoms with van der Waals surface area (Å²) < 4.78 is 55.8. The van der Waals surface area contributed by atoms with E-state index < -0.39 is 24.2 Å². The van der Waals surface area contributed by atoms with Crippen molar-refractivity contribution in [2.24, 2.45) is 0 Å². The number of esters is 2. The van der Waals surface area contributed by atoms with Gasteiger partial charge in [0.1, 0.15) is 11.5 Å². The van der Waals surface area contributed by atoms with Crippen LogP contribution in [0.4, 0.5) is 13.2 Å². The number of carbonyl (C=O) groups excluding carboxylic acids is 2. The quantitative estimate of drug-likeness (QED) is 0.0879. The van der Waals surface area contributed by atoms with Crippen LogP contribution >= 0.6 is 0 Å². The van der Waals surface area contributed by atoms with Gasteiger partial charge in [0.15, 0.2) is 6.10 Å². The van der Waals surface area contributed by atoms with Crippen LogP contribution in [0.3, 0.4) is 0 Å². The van der Waals surface area contributed by atoms with Crippen LogP contribution < -0.4 is 9.47 Å². The summed E-state index contributed by atoms with van der Waals surface area (Å²) in [5.41, 5.74) is 2.17. The summed E-state index contributed by atoms with van der Waals surface area (Å²) in [6.45, 7) is 4.79. The zero-order chi connectivity index (χ0) is 31.1. The van der Waals surface area contributed by atoms with Crippen LogP contribution in [0.2, 0.25) is 0 Å². The summed E-state index contributed by atoms with van der Waals surface area (Å²) in [4.78, 5) is 25.0. The highest BCUT2D eigenvalue weighted by Crippen LogP contribution is 2.28. The second-order valence-electron chi connectivity index (χ2n) is 10.6. The van der Waals surface area contributed by atoms with Gasteiger partial charge in [-0.1, -0.05) is 83.1 Å². The second kappa shape index (κ2) is 17.3. The van der Waals surface area contributed by atoms with Crippen molar-refractivity contribution in [1.29, 1.82) is 0 Å². The fourth-order valence-electron chi connectivity index (χ4n) is 4.51. The Labute approximate surface area is 252 Å². The molecular formula is C35H41F3O5. The van der Waals surface area contributed by atoms with Crippen molar-refractivity contribution in [1.82, 2.24) is 0 Å². The standard InChI is InChI=1S/C35H41F3O5/c1-3-5-7-8-9-11-25-41-30-21-17-27(18-22-30)26-13-15-28(16-14-26)33(39)42-31-23-19-29(20-24-31)34(40)43-32(35(36,37)38)12-10-6-4-2/h13-24,32H,3-12,25H2,1-2H3. The zero-order valence-electron chi connectivity index (χ0n) is 25.0. The molecule has 0 aliphatic rings. The Morgan fingerprint density at radius 1 is 0.628 bits per heavy atom. The number of benzene rings is 3. The zero-order valence-corrected chi connectivity index (χ0v) is 25.0. The second-order valence-corrected chi connectivity index (χ2v) is 10.6. The van der Waals surface area contributed by atoms with E-state index in [9.17, 15) is 22.8 Å². The predicted molar refractivity (Wildman–Crippen MR) is 162 cm³/mol. The number of hydrogen-bond acceptors (Lipinski definition) is 5. The molecular weight excluding hydrogens is 557 g/mol. The maximum absolute atomic E-state index is 13.3. The van der Waals surface area contributed by atoms with E-state index in [2.05, 4.69) is 6.92 Å². The highest BCUT2D eigenvalue weighted by Gasteiger charge is 2.42. The first-order valence-electron chi connectivity index (χ1n) is 15.1. The van der Waals surface area contributed by atoms with Crippen molar-refractivity contribution < 1.29 is 37.0 Å². The van der Waals surface area contributed by atoms with E-state index in [0.717, 1.165) is 29.7 Å². The first-order valence-corrected chi connectivity index (χ1v) is 15.1. The minimum Gasteiger partial charge on any atom is -0.494 e. The molecule has 0 bridgehead atoms. The van der Waals surface area contributed by atoms with Gasteiger partial charge in [-0.25, -0.2) is 9.59 Å². The van der Waals surface area contributed by atoms with Crippen LogP contribution in [0.25, 0.3) is 11.1 Å². The van der Waals surface area contributed by atoms with Crippen LogP contribution in [0.1, 0.15) is 98.8 Å². The van der Waals surface area contributed by atoms with E-state index in [-0.39, 0.29) is 17.7 Å². The maximum Gasteiger partial charge on any atom is 0.425 e. The van der Waals surface area contributed by atoms with Gasteiger partial charge in [-0.2, -0.15) is 13.2 Å². The molecule has 0 aromatic heterocycles. The number of hydrogen-bond donors (Lipinski definition) is 0. The van der Waals surface area contributed by atoms with Crippen molar-refractivity contribution in [2.75, 3.05) is 6.61 Å². The number of alkyl halides is 3.